The van der Waals surface area contributed by atoms with Crippen molar-refractivity contribution in [3.8, 4) is 0 Å². The van der Waals surface area contributed by atoms with Crippen LogP contribution in [-0.4, -0.2) is 11.6 Å². The van der Waals surface area contributed by atoms with Gasteiger partial charge in [0, 0.05) is 5.41 Å². The first-order valence-electron chi connectivity index (χ1n) is 4.94. The van der Waals surface area contributed by atoms with Gasteiger partial charge in [0.1, 0.15) is 0 Å². The smallest absolute Gasteiger partial charge is 0.0807 e. The van der Waals surface area contributed by atoms with E-state index in [4.69, 9.17) is 22.7 Å². The maximum Gasteiger partial charge on any atom is 0.0807 e. The molecule has 1 rings (SSSR count). The SMILES string of the molecule is CC(C)(COCc1ccccc1)C(N)=S. The van der Waals surface area contributed by atoms with E-state index in [9.17, 15) is 0 Å². The summed E-state index contributed by atoms with van der Waals surface area (Å²) in [6.45, 7) is 5.13. The monoisotopic (exact) mass is 223 g/mol. The van der Waals surface area contributed by atoms with E-state index in [1.807, 2.05) is 44.2 Å². The van der Waals surface area contributed by atoms with Gasteiger partial charge in [-0.3, -0.25) is 0 Å². The van der Waals surface area contributed by atoms with E-state index in [2.05, 4.69) is 0 Å². The van der Waals surface area contributed by atoms with E-state index in [1.165, 1.54) is 0 Å². The molecular formula is C12H17NOS. The van der Waals surface area contributed by atoms with E-state index in [0.717, 1.165) is 5.56 Å². The van der Waals surface area contributed by atoms with E-state index in [1.54, 1.807) is 0 Å². The van der Waals surface area contributed by atoms with Crippen LogP contribution in [0.3, 0.4) is 0 Å². The van der Waals surface area contributed by atoms with E-state index >= 15 is 0 Å². The van der Waals surface area contributed by atoms with Gasteiger partial charge in [-0.1, -0.05) is 56.4 Å². The van der Waals surface area contributed by atoms with Crippen molar-refractivity contribution < 1.29 is 4.74 Å². The fourth-order valence-electron chi connectivity index (χ4n) is 1.07. The van der Waals surface area contributed by atoms with Crippen LogP contribution in [0.5, 0.6) is 0 Å². The highest BCUT2D eigenvalue weighted by Crippen LogP contribution is 2.16. The van der Waals surface area contributed by atoms with Gasteiger partial charge in [0.25, 0.3) is 0 Å². The lowest BCUT2D eigenvalue weighted by Crippen LogP contribution is -2.34. The summed E-state index contributed by atoms with van der Waals surface area (Å²) in [4.78, 5) is 0.496. The van der Waals surface area contributed by atoms with Crippen molar-refractivity contribution in [2.45, 2.75) is 20.5 Å². The van der Waals surface area contributed by atoms with E-state index in [0.29, 0.717) is 18.2 Å². The molecule has 0 unspecified atom stereocenters. The number of rotatable bonds is 5. The van der Waals surface area contributed by atoms with Crippen LogP contribution in [0.1, 0.15) is 19.4 Å². The summed E-state index contributed by atoms with van der Waals surface area (Å²) >= 11 is 4.96. The van der Waals surface area contributed by atoms with Crippen molar-refractivity contribution in [1.82, 2.24) is 0 Å². The van der Waals surface area contributed by atoms with Gasteiger partial charge in [-0.2, -0.15) is 0 Å². The van der Waals surface area contributed by atoms with E-state index in [-0.39, 0.29) is 5.41 Å². The molecule has 0 saturated carbocycles. The van der Waals surface area contributed by atoms with Crippen LogP contribution in [0, 0.1) is 5.41 Å². The molecule has 15 heavy (non-hydrogen) atoms. The average molecular weight is 223 g/mol. The molecule has 0 aromatic heterocycles. The molecule has 2 nitrogen and oxygen atoms in total. The highest BCUT2D eigenvalue weighted by molar-refractivity contribution is 7.80. The molecule has 0 atom stereocenters. The fourth-order valence-corrected chi connectivity index (χ4v) is 1.13. The zero-order valence-corrected chi connectivity index (χ0v) is 10.0. The normalized spacial score (nSPS) is 11.3. The number of hydrogen-bond donors (Lipinski definition) is 1. The zero-order valence-electron chi connectivity index (χ0n) is 9.19. The largest absolute Gasteiger partial charge is 0.393 e. The summed E-state index contributed by atoms with van der Waals surface area (Å²) in [5.41, 5.74) is 6.53. The third-order valence-electron chi connectivity index (χ3n) is 2.24. The van der Waals surface area contributed by atoms with Crippen LogP contribution in [0.2, 0.25) is 0 Å². The quantitative estimate of drug-likeness (QED) is 0.779. The molecule has 3 heteroatoms. The average Bonchev–Trinajstić information content (AvgIpc) is 2.19. The predicted molar refractivity (Wildman–Crippen MR) is 66.7 cm³/mol. The van der Waals surface area contributed by atoms with Gasteiger partial charge < -0.3 is 10.5 Å². The summed E-state index contributed by atoms with van der Waals surface area (Å²) in [6.07, 6.45) is 0. The van der Waals surface area contributed by atoms with Gasteiger partial charge in [0.2, 0.25) is 0 Å². The van der Waals surface area contributed by atoms with Gasteiger partial charge in [-0.25, -0.2) is 0 Å². The van der Waals surface area contributed by atoms with Crippen molar-refractivity contribution in [3.63, 3.8) is 0 Å². The standard InChI is InChI=1S/C12H17NOS/c1-12(2,11(13)15)9-14-8-10-6-4-3-5-7-10/h3-7H,8-9H2,1-2H3,(H2,13,15). The minimum absolute atomic E-state index is 0.232. The molecule has 1 aromatic carbocycles. The minimum atomic E-state index is -0.232. The first kappa shape index (κ1) is 12.1. The molecule has 0 saturated heterocycles. The highest BCUT2D eigenvalue weighted by Gasteiger charge is 2.21. The summed E-state index contributed by atoms with van der Waals surface area (Å²) in [5.74, 6) is 0. The Morgan fingerprint density at radius 1 is 1.33 bits per heavy atom. The Kier molecular flexibility index (Phi) is 4.24. The third-order valence-corrected chi connectivity index (χ3v) is 2.79. The Morgan fingerprint density at radius 2 is 1.93 bits per heavy atom. The molecule has 2 N–H and O–H groups in total. The Hall–Kier alpha value is -0.930. The molecule has 0 spiro atoms. The van der Waals surface area contributed by atoms with Gasteiger partial charge >= 0.3 is 0 Å². The van der Waals surface area contributed by atoms with Crippen LogP contribution in [0.25, 0.3) is 0 Å². The van der Waals surface area contributed by atoms with Crippen LogP contribution >= 0.6 is 12.2 Å². The molecule has 0 bridgehead atoms. The summed E-state index contributed by atoms with van der Waals surface area (Å²) < 4.78 is 5.58. The Bertz CT molecular complexity index is 322. The second-order valence-electron chi connectivity index (χ2n) is 4.23. The van der Waals surface area contributed by atoms with Gasteiger partial charge in [-0.15, -0.1) is 0 Å². The van der Waals surface area contributed by atoms with Crippen molar-refractivity contribution >= 4 is 17.2 Å². The van der Waals surface area contributed by atoms with Crippen molar-refractivity contribution in [2.24, 2.45) is 11.1 Å². The second-order valence-corrected chi connectivity index (χ2v) is 4.67. The molecule has 0 heterocycles. The molecule has 0 radical (unpaired) electrons. The highest BCUT2D eigenvalue weighted by atomic mass is 32.1. The number of nitrogens with two attached hydrogens (primary N) is 1. The fraction of sp³-hybridized carbons (Fsp3) is 0.417. The topological polar surface area (TPSA) is 35.2 Å². The molecule has 82 valence electrons. The lowest BCUT2D eigenvalue weighted by atomic mass is 9.95. The summed E-state index contributed by atoms with van der Waals surface area (Å²) in [6, 6.07) is 10.1. The van der Waals surface area contributed by atoms with Crippen LogP contribution in [-0.2, 0) is 11.3 Å². The molecule has 0 aliphatic heterocycles. The number of benzene rings is 1. The zero-order chi connectivity index (χ0) is 11.3. The Balaban J connectivity index is 2.37. The third kappa shape index (κ3) is 3.98. The van der Waals surface area contributed by atoms with Crippen LogP contribution in [0.15, 0.2) is 30.3 Å². The van der Waals surface area contributed by atoms with Gasteiger partial charge in [0.05, 0.1) is 18.2 Å². The molecule has 0 fully saturated rings. The first-order chi connectivity index (χ1) is 7.02. The van der Waals surface area contributed by atoms with Crippen LogP contribution < -0.4 is 5.73 Å². The van der Waals surface area contributed by atoms with E-state index < -0.39 is 0 Å². The number of hydrogen-bond acceptors (Lipinski definition) is 2. The Morgan fingerprint density at radius 3 is 2.47 bits per heavy atom. The van der Waals surface area contributed by atoms with Crippen molar-refractivity contribution in [2.75, 3.05) is 6.61 Å². The Labute approximate surface area is 96.4 Å². The molecular weight excluding hydrogens is 206 g/mol. The number of thiocarbonyl (C=S) groups is 1. The van der Waals surface area contributed by atoms with Gasteiger partial charge in [0.15, 0.2) is 0 Å². The predicted octanol–water partition coefficient (Wildman–Crippen LogP) is 2.52. The summed E-state index contributed by atoms with van der Waals surface area (Å²) in [7, 11) is 0. The second kappa shape index (κ2) is 5.24. The number of ether oxygens (including phenoxy) is 1. The lowest BCUT2D eigenvalue weighted by Gasteiger charge is -2.22. The molecule has 0 aliphatic rings. The van der Waals surface area contributed by atoms with Crippen molar-refractivity contribution in [3.05, 3.63) is 35.9 Å². The maximum atomic E-state index is 5.60. The molecule has 1 aromatic rings. The maximum absolute atomic E-state index is 5.60. The van der Waals surface area contributed by atoms with Crippen molar-refractivity contribution in [1.29, 1.82) is 0 Å². The molecule has 0 aliphatic carbocycles. The summed E-state index contributed by atoms with van der Waals surface area (Å²) in [5, 5.41) is 0. The van der Waals surface area contributed by atoms with Gasteiger partial charge in [-0.05, 0) is 5.56 Å². The molecule has 0 amide bonds. The first-order valence-corrected chi connectivity index (χ1v) is 5.35. The van der Waals surface area contributed by atoms with Crippen LogP contribution in [0.4, 0.5) is 0 Å². The lowest BCUT2D eigenvalue weighted by molar-refractivity contribution is 0.0793. The minimum Gasteiger partial charge on any atom is -0.393 e.